The minimum atomic E-state index is 1.17. The zero-order chi connectivity index (χ0) is 38.2. The van der Waals surface area contributed by atoms with Crippen LogP contribution in [0.3, 0.4) is 0 Å². The first kappa shape index (κ1) is 33.9. The van der Waals surface area contributed by atoms with Crippen LogP contribution in [0.25, 0.3) is 53.9 Å². The first-order valence-corrected chi connectivity index (χ1v) is 19.7. The Hall–Kier alpha value is -6.64. The zero-order valence-corrected chi connectivity index (χ0v) is 32.9. The third-order valence-electron chi connectivity index (χ3n) is 11.7. The highest BCUT2D eigenvalue weighted by Crippen LogP contribution is 2.50. The van der Waals surface area contributed by atoms with Crippen LogP contribution < -0.4 is 9.80 Å². The predicted octanol–water partition coefficient (Wildman–Crippen LogP) is 15.7. The van der Waals surface area contributed by atoms with Crippen molar-refractivity contribution in [2.75, 3.05) is 9.80 Å². The Labute approximate surface area is 329 Å². The molecule has 56 heavy (non-hydrogen) atoms. The average molecular weight is 721 g/mol. The minimum absolute atomic E-state index is 1.17. The Bertz CT molecular complexity index is 2900. The SMILES string of the molecule is Cc1cc(C)cc(N(c2cccc3ccccc23)c2cc(C)c3ccc4c(N(c5cc(C)cc(C)c5)c5cccc6ccccc56)cc(C)c5ccc2c3c54)c1. The second kappa shape index (κ2) is 13.0. The summed E-state index contributed by atoms with van der Waals surface area (Å²) in [6.45, 7) is 13.4. The third-order valence-corrected chi connectivity index (χ3v) is 11.7. The summed E-state index contributed by atoms with van der Waals surface area (Å²) in [5.41, 5.74) is 14.6. The zero-order valence-electron chi connectivity index (χ0n) is 32.9. The average Bonchev–Trinajstić information content (AvgIpc) is 3.18. The van der Waals surface area contributed by atoms with Gasteiger partial charge in [-0.1, -0.05) is 109 Å². The molecule has 10 aromatic carbocycles. The quantitative estimate of drug-likeness (QED) is 0.158. The number of hydrogen-bond acceptors (Lipinski definition) is 2. The van der Waals surface area contributed by atoms with E-state index in [0.717, 1.165) is 0 Å². The molecule has 0 aliphatic heterocycles. The van der Waals surface area contributed by atoms with Crippen LogP contribution in [-0.4, -0.2) is 0 Å². The molecule has 10 rings (SSSR count). The van der Waals surface area contributed by atoms with Crippen molar-refractivity contribution in [1.29, 1.82) is 0 Å². The van der Waals surface area contributed by atoms with Gasteiger partial charge in [0.25, 0.3) is 0 Å². The summed E-state index contributed by atoms with van der Waals surface area (Å²) < 4.78 is 0. The van der Waals surface area contributed by atoms with E-state index in [1.54, 1.807) is 0 Å². The van der Waals surface area contributed by atoms with Crippen LogP contribution >= 0.6 is 0 Å². The summed E-state index contributed by atoms with van der Waals surface area (Å²) in [6.07, 6.45) is 0. The van der Waals surface area contributed by atoms with Crippen LogP contribution in [0.15, 0.2) is 158 Å². The van der Waals surface area contributed by atoms with Crippen LogP contribution in [0.5, 0.6) is 0 Å². The van der Waals surface area contributed by atoms with Gasteiger partial charge in [0.1, 0.15) is 0 Å². The van der Waals surface area contributed by atoms with Gasteiger partial charge in [-0.3, -0.25) is 0 Å². The van der Waals surface area contributed by atoms with Crippen LogP contribution in [0.1, 0.15) is 33.4 Å². The lowest BCUT2D eigenvalue weighted by Crippen LogP contribution is -2.13. The summed E-state index contributed by atoms with van der Waals surface area (Å²) in [7, 11) is 0. The second-order valence-corrected chi connectivity index (χ2v) is 15.9. The van der Waals surface area contributed by atoms with Crippen LogP contribution in [0.4, 0.5) is 34.1 Å². The molecule has 0 radical (unpaired) electrons. The van der Waals surface area contributed by atoms with Gasteiger partial charge in [0, 0.05) is 32.9 Å². The van der Waals surface area contributed by atoms with E-state index >= 15 is 0 Å². The van der Waals surface area contributed by atoms with E-state index in [4.69, 9.17) is 0 Å². The van der Waals surface area contributed by atoms with Crippen molar-refractivity contribution in [3.8, 4) is 0 Å². The van der Waals surface area contributed by atoms with Crippen molar-refractivity contribution < 1.29 is 0 Å². The fourth-order valence-corrected chi connectivity index (χ4v) is 9.45. The Morgan fingerprint density at radius 1 is 0.286 bits per heavy atom. The second-order valence-electron chi connectivity index (χ2n) is 15.9. The van der Waals surface area contributed by atoms with E-state index in [0.29, 0.717) is 0 Å². The first-order valence-electron chi connectivity index (χ1n) is 19.7. The van der Waals surface area contributed by atoms with Crippen LogP contribution in [0.2, 0.25) is 0 Å². The topological polar surface area (TPSA) is 6.48 Å². The normalized spacial score (nSPS) is 11.8. The van der Waals surface area contributed by atoms with Gasteiger partial charge >= 0.3 is 0 Å². The molecule has 0 atom stereocenters. The standard InChI is InChI=1S/C54H44N2/c1-33-25-34(2)28-41(27-33)55(49-19-11-15-39-13-7-9-17-45(39)49)51-31-37(5)43-22-24-48-52(32-38(6)44-21-23-47(51)53(43)54(44)48)56(42-29-35(3)26-36(4)30-42)50-20-12-16-40-14-8-10-18-46(40)50/h7-32H,1-6H3. The highest BCUT2D eigenvalue weighted by Gasteiger charge is 2.25. The molecule has 0 N–H and O–H groups in total. The van der Waals surface area contributed by atoms with Crippen molar-refractivity contribution in [3.05, 3.63) is 191 Å². The van der Waals surface area contributed by atoms with Gasteiger partial charge in [0.15, 0.2) is 0 Å². The molecule has 0 fully saturated rings. The molecule has 270 valence electrons. The number of anilines is 6. The molecule has 0 saturated heterocycles. The maximum Gasteiger partial charge on any atom is 0.0543 e. The molecule has 0 aliphatic carbocycles. The molecule has 0 saturated carbocycles. The van der Waals surface area contributed by atoms with Gasteiger partial charge in [0.2, 0.25) is 0 Å². The molecule has 2 heteroatoms. The summed E-state index contributed by atoms with van der Waals surface area (Å²) >= 11 is 0. The van der Waals surface area contributed by atoms with Crippen molar-refractivity contribution in [2.24, 2.45) is 0 Å². The fourth-order valence-electron chi connectivity index (χ4n) is 9.45. The Balaban J connectivity index is 1.32. The van der Waals surface area contributed by atoms with Crippen molar-refractivity contribution >= 4 is 88.0 Å². The van der Waals surface area contributed by atoms with Crippen LogP contribution in [0, 0.1) is 41.5 Å². The number of aryl methyl sites for hydroxylation is 6. The number of rotatable bonds is 6. The van der Waals surface area contributed by atoms with Gasteiger partial charge < -0.3 is 9.80 Å². The number of hydrogen-bond donors (Lipinski definition) is 0. The molecule has 0 spiro atoms. The molecule has 2 nitrogen and oxygen atoms in total. The van der Waals surface area contributed by atoms with Gasteiger partial charge in [-0.25, -0.2) is 0 Å². The lowest BCUT2D eigenvalue weighted by molar-refractivity contribution is 1.27. The molecular formula is C54H44N2. The monoisotopic (exact) mass is 720 g/mol. The summed E-state index contributed by atoms with van der Waals surface area (Å²) in [5.74, 6) is 0. The molecular weight excluding hydrogens is 677 g/mol. The molecule has 0 heterocycles. The minimum Gasteiger partial charge on any atom is -0.309 e. The summed E-state index contributed by atoms with van der Waals surface area (Å²) in [5, 5.41) is 12.6. The molecule has 0 aliphatic rings. The third kappa shape index (κ3) is 5.39. The highest BCUT2D eigenvalue weighted by atomic mass is 15.2. The lowest BCUT2D eigenvalue weighted by atomic mass is 9.88. The smallest absolute Gasteiger partial charge is 0.0543 e. The number of fused-ring (bicyclic) bond motifs is 2. The van der Waals surface area contributed by atoms with Crippen LogP contribution in [-0.2, 0) is 0 Å². The van der Waals surface area contributed by atoms with E-state index in [-0.39, 0.29) is 0 Å². The Kier molecular flexibility index (Phi) is 7.87. The molecule has 10 aromatic rings. The molecule has 0 amide bonds. The van der Waals surface area contributed by atoms with Gasteiger partial charge in [-0.2, -0.15) is 0 Å². The largest absolute Gasteiger partial charge is 0.309 e. The number of benzene rings is 10. The maximum absolute atomic E-state index is 2.51. The highest BCUT2D eigenvalue weighted by molar-refractivity contribution is 6.29. The molecule has 0 aromatic heterocycles. The maximum atomic E-state index is 2.51. The van der Waals surface area contributed by atoms with E-state index in [1.165, 1.54) is 121 Å². The van der Waals surface area contributed by atoms with Crippen molar-refractivity contribution in [1.82, 2.24) is 0 Å². The molecule has 0 unspecified atom stereocenters. The van der Waals surface area contributed by atoms with Gasteiger partial charge in [0.05, 0.1) is 22.7 Å². The van der Waals surface area contributed by atoms with Gasteiger partial charge in [-0.15, -0.1) is 0 Å². The fraction of sp³-hybridized carbons (Fsp3) is 0.111. The van der Waals surface area contributed by atoms with Crippen molar-refractivity contribution in [2.45, 2.75) is 41.5 Å². The Morgan fingerprint density at radius 2 is 0.643 bits per heavy atom. The van der Waals surface area contributed by atoms with E-state index in [2.05, 4.69) is 209 Å². The van der Waals surface area contributed by atoms with Crippen molar-refractivity contribution in [3.63, 3.8) is 0 Å². The number of nitrogens with zero attached hydrogens (tertiary/aromatic N) is 2. The molecule has 0 bridgehead atoms. The van der Waals surface area contributed by atoms with E-state index < -0.39 is 0 Å². The van der Waals surface area contributed by atoms with E-state index in [1.807, 2.05) is 0 Å². The summed E-state index contributed by atoms with van der Waals surface area (Å²) in [4.78, 5) is 5.01. The van der Waals surface area contributed by atoms with E-state index in [9.17, 15) is 0 Å². The predicted molar refractivity (Wildman–Crippen MR) is 243 cm³/mol. The Morgan fingerprint density at radius 3 is 1.05 bits per heavy atom. The van der Waals surface area contributed by atoms with Gasteiger partial charge in [-0.05, 0) is 156 Å². The summed E-state index contributed by atoms with van der Waals surface area (Å²) in [6, 6.07) is 59.1. The lowest BCUT2D eigenvalue weighted by Gasteiger charge is -2.31. The first-order chi connectivity index (χ1) is 27.2.